The van der Waals surface area contributed by atoms with Gasteiger partial charge in [-0.25, -0.2) is 9.37 Å². The maximum atomic E-state index is 12.7. The zero-order valence-electron chi connectivity index (χ0n) is 9.94. The lowest BCUT2D eigenvalue weighted by Crippen LogP contribution is -2.24. The zero-order chi connectivity index (χ0) is 13.0. The van der Waals surface area contributed by atoms with Crippen LogP contribution in [-0.4, -0.2) is 10.9 Å². The number of hydrogen-bond donors (Lipinski definition) is 1. The molecule has 1 N–H and O–H groups in total. The molecule has 2 aromatic rings. The molecule has 0 aliphatic rings. The molecule has 1 heterocycles. The molecule has 3 nitrogen and oxygen atoms in total. The standard InChI is InChI=1S/C13H13FN2OS/c1-9-7-16-13(18-9)8-15-12(17)6-10-2-4-11(14)5-3-10/h2-5,7H,6,8H2,1H3,(H,15,17). The first-order valence-electron chi connectivity index (χ1n) is 5.56. The van der Waals surface area contributed by atoms with Gasteiger partial charge in [0.1, 0.15) is 10.8 Å². The number of amides is 1. The Hall–Kier alpha value is -1.75. The van der Waals surface area contributed by atoms with E-state index < -0.39 is 0 Å². The summed E-state index contributed by atoms with van der Waals surface area (Å²) in [4.78, 5) is 16.9. The van der Waals surface area contributed by atoms with Crippen molar-refractivity contribution in [3.8, 4) is 0 Å². The van der Waals surface area contributed by atoms with Gasteiger partial charge < -0.3 is 5.32 Å². The molecular formula is C13H13FN2OS. The van der Waals surface area contributed by atoms with Crippen molar-refractivity contribution < 1.29 is 9.18 Å². The second kappa shape index (κ2) is 5.73. The molecule has 0 saturated carbocycles. The fraction of sp³-hybridized carbons (Fsp3) is 0.231. The Morgan fingerprint density at radius 1 is 1.39 bits per heavy atom. The van der Waals surface area contributed by atoms with E-state index >= 15 is 0 Å². The predicted molar refractivity (Wildman–Crippen MR) is 68.8 cm³/mol. The van der Waals surface area contributed by atoms with Crippen LogP contribution in [0.25, 0.3) is 0 Å². The average Bonchev–Trinajstić information content (AvgIpc) is 2.76. The minimum absolute atomic E-state index is 0.0885. The van der Waals surface area contributed by atoms with Crippen molar-refractivity contribution in [3.05, 3.63) is 51.7 Å². The van der Waals surface area contributed by atoms with Gasteiger partial charge in [0, 0.05) is 11.1 Å². The van der Waals surface area contributed by atoms with Crippen LogP contribution in [0.4, 0.5) is 4.39 Å². The van der Waals surface area contributed by atoms with Gasteiger partial charge in [0.05, 0.1) is 13.0 Å². The molecule has 0 unspecified atom stereocenters. The van der Waals surface area contributed by atoms with Crippen molar-refractivity contribution in [2.45, 2.75) is 19.9 Å². The summed E-state index contributed by atoms with van der Waals surface area (Å²) in [6, 6.07) is 5.94. The van der Waals surface area contributed by atoms with Gasteiger partial charge in [-0.2, -0.15) is 0 Å². The van der Waals surface area contributed by atoms with Gasteiger partial charge in [0.15, 0.2) is 0 Å². The maximum Gasteiger partial charge on any atom is 0.224 e. The van der Waals surface area contributed by atoms with E-state index in [1.165, 1.54) is 12.1 Å². The Balaban J connectivity index is 1.83. The van der Waals surface area contributed by atoms with E-state index in [9.17, 15) is 9.18 Å². The highest BCUT2D eigenvalue weighted by atomic mass is 32.1. The van der Waals surface area contributed by atoms with Gasteiger partial charge >= 0.3 is 0 Å². The fourth-order valence-electron chi connectivity index (χ4n) is 1.51. The van der Waals surface area contributed by atoms with Gasteiger partial charge in [-0.05, 0) is 24.6 Å². The smallest absolute Gasteiger partial charge is 0.224 e. The lowest BCUT2D eigenvalue weighted by atomic mass is 10.1. The molecule has 0 bridgehead atoms. The highest BCUT2D eigenvalue weighted by Crippen LogP contribution is 2.10. The number of halogens is 1. The van der Waals surface area contributed by atoms with Crippen molar-refractivity contribution >= 4 is 17.2 Å². The minimum Gasteiger partial charge on any atom is -0.349 e. The molecular weight excluding hydrogens is 251 g/mol. The lowest BCUT2D eigenvalue weighted by molar-refractivity contribution is -0.120. The van der Waals surface area contributed by atoms with E-state index in [4.69, 9.17) is 0 Å². The molecule has 94 valence electrons. The van der Waals surface area contributed by atoms with E-state index in [2.05, 4.69) is 10.3 Å². The van der Waals surface area contributed by atoms with Crippen molar-refractivity contribution in [1.29, 1.82) is 0 Å². The number of aryl methyl sites for hydroxylation is 1. The summed E-state index contributed by atoms with van der Waals surface area (Å²) >= 11 is 1.56. The van der Waals surface area contributed by atoms with Crippen molar-refractivity contribution in [2.75, 3.05) is 0 Å². The number of nitrogens with one attached hydrogen (secondary N) is 1. The van der Waals surface area contributed by atoms with E-state index in [0.29, 0.717) is 6.54 Å². The number of thiazole rings is 1. The zero-order valence-corrected chi connectivity index (χ0v) is 10.8. The Morgan fingerprint density at radius 3 is 2.72 bits per heavy atom. The Bertz CT molecular complexity index is 536. The second-order valence-corrected chi connectivity index (χ2v) is 5.26. The van der Waals surface area contributed by atoms with Gasteiger partial charge in [0.2, 0.25) is 5.91 Å². The molecule has 1 aromatic heterocycles. The van der Waals surface area contributed by atoms with Crippen molar-refractivity contribution in [1.82, 2.24) is 10.3 Å². The molecule has 0 spiro atoms. The minimum atomic E-state index is -0.294. The van der Waals surface area contributed by atoms with Gasteiger partial charge in [-0.3, -0.25) is 4.79 Å². The lowest BCUT2D eigenvalue weighted by Gasteiger charge is -2.03. The summed E-state index contributed by atoms with van der Waals surface area (Å²) in [5.41, 5.74) is 0.796. The number of carbonyl (C=O) groups excluding carboxylic acids is 1. The third kappa shape index (κ3) is 3.63. The summed E-state index contributed by atoms with van der Waals surface area (Å²) in [6.45, 7) is 2.42. The van der Waals surface area contributed by atoms with Crippen LogP contribution < -0.4 is 5.32 Å². The highest BCUT2D eigenvalue weighted by molar-refractivity contribution is 7.11. The van der Waals surface area contributed by atoms with Gasteiger partial charge in [-0.1, -0.05) is 12.1 Å². The first-order chi connectivity index (χ1) is 8.63. The molecule has 0 radical (unpaired) electrons. The number of nitrogens with zero attached hydrogens (tertiary/aromatic N) is 1. The van der Waals surface area contributed by atoms with Gasteiger partial charge in [-0.15, -0.1) is 11.3 Å². The first kappa shape index (κ1) is 12.7. The summed E-state index contributed by atoms with van der Waals surface area (Å²) in [5, 5.41) is 3.68. The van der Waals surface area contributed by atoms with Crippen LogP contribution in [-0.2, 0) is 17.8 Å². The van der Waals surface area contributed by atoms with Crippen LogP contribution in [0.5, 0.6) is 0 Å². The highest BCUT2D eigenvalue weighted by Gasteiger charge is 2.05. The average molecular weight is 264 g/mol. The Kier molecular flexibility index (Phi) is 4.04. The normalized spacial score (nSPS) is 10.3. The van der Waals surface area contributed by atoms with Gasteiger partial charge in [0.25, 0.3) is 0 Å². The Morgan fingerprint density at radius 2 is 2.11 bits per heavy atom. The predicted octanol–water partition coefficient (Wildman–Crippen LogP) is 2.45. The summed E-state index contributed by atoms with van der Waals surface area (Å²) < 4.78 is 12.7. The third-order valence-corrected chi connectivity index (χ3v) is 3.30. The van der Waals surface area contributed by atoms with Crippen LogP contribution in [0.3, 0.4) is 0 Å². The molecule has 0 aliphatic carbocycles. The molecule has 0 saturated heterocycles. The summed E-state index contributed by atoms with van der Waals surface area (Å²) in [7, 11) is 0. The summed E-state index contributed by atoms with van der Waals surface area (Å²) in [6.07, 6.45) is 2.04. The van der Waals surface area contributed by atoms with E-state index in [-0.39, 0.29) is 18.1 Å². The molecule has 1 aromatic carbocycles. The number of hydrogen-bond acceptors (Lipinski definition) is 3. The van der Waals surface area contributed by atoms with Crippen LogP contribution in [0.2, 0.25) is 0 Å². The van der Waals surface area contributed by atoms with Crippen LogP contribution in [0.15, 0.2) is 30.5 Å². The van der Waals surface area contributed by atoms with E-state index in [0.717, 1.165) is 15.4 Å². The largest absolute Gasteiger partial charge is 0.349 e. The van der Waals surface area contributed by atoms with E-state index in [1.54, 1.807) is 29.7 Å². The number of rotatable bonds is 4. The number of benzene rings is 1. The molecule has 18 heavy (non-hydrogen) atoms. The number of aromatic nitrogens is 1. The van der Waals surface area contributed by atoms with Crippen molar-refractivity contribution in [2.24, 2.45) is 0 Å². The summed E-state index contributed by atoms with van der Waals surface area (Å²) in [5.74, 6) is -0.383. The molecule has 0 atom stereocenters. The van der Waals surface area contributed by atoms with Crippen LogP contribution in [0.1, 0.15) is 15.4 Å². The quantitative estimate of drug-likeness (QED) is 0.921. The monoisotopic (exact) mass is 264 g/mol. The van der Waals surface area contributed by atoms with Crippen LogP contribution in [0, 0.1) is 12.7 Å². The molecule has 1 amide bonds. The number of carbonyl (C=O) groups is 1. The molecule has 0 fully saturated rings. The fourth-order valence-corrected chi connectivity index (χ4v) is 2.23. The third-order valence-electron chi connectivity index (χ3n) is 2.38. The second-order valence-electron chi connectivity index (χ2n) is 3.94. The topological polar surface area (TPSA) is 42.0 Å². The molecule has 2 rings (SSSR count). The Labute approximate surface area is 109 Å². The molecule has 0 aliphatic heterocycles. The first-order valence-corrected chi connectivity index (χ1v) is 6.37. The van der Waals surface area contributed by atoms with Crippen LogP contribution >= 0.6 is 11.3 Å². The maximum absolute atomic E-state index is 12.7. The SMILES string of the molecule is Cc1cnc(CNC(=O)Cc2ccc(F)cc2)s1. The molecule has 5 heteroatoms. The van der Waals surface area contributed by atoms with E-state index in [1.807, 2.05) is 6.92 Å². The van der Waals surface area contributed by atoms with Crippen molar-refractivity contribution in [3.63, 3.8) is 0 Å².